The lowest BCUT2D eigenvalue weighted by atomic mass is 10.0. The minimum absolute atomic E-state index is 0.159. The Morgan fingerprint density at radius 2 is 1.70 bits per heavy atom. The van der Waals surface area contributed by atoms with Crippen LogP contribution in [0.3, 0.4) is 0 Å². The van der Waals surface area contributed by atoms with Crippen LogP contribution in [-0.4, -0.2) is 36.9 Å². The first-order valence-electron chi connectivity index (χ1n) is 12.2. The van der Waals surface area contributed by atoms with Crippen LogP contribution >= 0.6 is 11.6 Å². The number of aromatic nitrogens is 1. The highest BCUT2D eigenvalue weighted by molar-refractivity contribution is 6.32. The lowest BCUT2D eigenvalue weighted by Gasteiger charge is -2.27. The van der Waals surface area contributed by atoms with Crippen LogP contribution in [0, 0.1) is 11.2 Å². The van der Waals surface area contributed by atoms with Gasteiger partial charge in [-0.15, -0.1) is 0 Å². The third-order valence-electron chi connectivity index (χ3n) is 6.81. The summed E-state index contributed by atoms with van der Waals surface area (Å²) in [5.41, 5.74) is 5.76. The van der Waals surface area contributed by atoms with E-state index in [4.69, 9.17) is 26.8 Å². The standard InChI is InChI=1S/C29H24ClFN4O5/c1-33-26(36)20-14-19-22(15-25(20)39-2)34-12-9-23(19)40-24-8-7-18(13-21(24)30)35(17-5-3-16(31)4-6-17)28(38)29(10-11-29)27(32)37/h3-9,12-15H,10-11H2,1-2H3,(H2,32,37)(H,33,36). The van der Waals surface area contributed by atoms with Crippen molar-refractivity contribution < 1.29 is 28.2 Å². The molecule has 204 valence electrons. The van der Waals surface area contributed by atoms with Crippen molar-refractivity contribution in [1.29, 1.82) is 0 Å². The molecule has 1 saturated carbocycles. The number of nitrogens with one attached hydrogen (secondary N) is 1. The Hall–Kier alpha value is -4.70. The Morgan fingerprint density at radius 3 is 2.30 bits per heavy atom. The van der Waals surface area contributed by atoms with E-state index in [1.54, 1.807) is 36.5 Å². The number of nitrogens with zero attached hydrogens (tertiary/aromatic N) is 2. The summed E-state index contributed by atoms with van der Waals surface area (Å²) in [6.07, 6.45) is 2.20. The third kappa shape index (κ3) is 4.77. The largest absolute Gasteiger partial charge is 0.496 e. The van der Waals surface area contributed by atoms with Gasteiger partial charge in [-0.1, -0.05) is 11.6 Å². The Labute approximate surface area is 233 Å². The maximum Gasteiger partial charge on any atom is 0.254 e. The van der Waals surface area contributed by atoms with Crippen LogP contribution in [0.4, 0.5) is 15.8 Å². The number of carbonyl (C=O) groups is 3. The number of rotatable bonds is 8. The Kier molecular flexibility index (Phi) is 7.03. The summed E-state index contributed by atoms with van der Waals surface area (Å²) < 4.78 is 25.1. The zero-order chi connectivity index (χ0) is 28.6. The molecule has 11 heteroatoms. The fourth-order valence-electron chi connectivity index (χ4n) is 4.43. The average molecular weight is 563 g/mol. The van der Waals surface area contributed by atoms with E-state index < -0.39 is 23.0 Å². The molecule has 3 N–H and O–H groups in total. The van der Waals surface area contributed by atoms with Gasteiger partial charge in [0.15, 0.2) is 0 Å². The fourth-order valence-corrected chi connectivity index (χ4v) is 4.64. The van der Waals surface area contributed by atoms with Gasteiger partial charge in [0.2, 0.25) is 11.8 Å². The zero-order valence-electron chi connectivity index (χ0n) is 21.5. The summed E-state index contributed by atoms with van der Waals surface area (Å²) in [6, 6.07) is 14.9. The second kappa shape index (κ2) is 10.5. The molecule has 0 saturated heterocycles. The van der Waals surface area contributed by atoms with Crippen LogP contribution in [-0.2, 0) is 9.59 Å². The zero-order valence-corrected chi connectivity index (χ0v) is 22.3. The predicted molar refractivity (Wildman–Crippen MR) is 148 cm³/mol. The van der Waals surface area contributed by atoms with E-state index in [0.717, 1.165) is 0 Å². The van der Waals surface area contributed by atoms with Gasteiger partial charge in [0.25, 0.3) is 5.91 Å². The number of benzene rings is 3. The molecule has 0 aliphatic heterocycles. The molecule has 1 aliphatic carbocycles. The molecule has 5 rings (SSSR count). The summed E-state index contributed by atoms with van der Waals surface area (Å²) in [4.78, 5) is 43.8. The van der Waals surface area contributed by atoms with Gasteiger partial charge in [-0.2, -0.15) is 0 Å². The molecule has 3 amide bonds. The number of nitrogens with two attached hydrogens (primary N) is 1. The average Bonchev–Trinajstić information content (AvgIpc) is 3.77. The second-order valence-corrected chi connectivity index (χ2v) is 9.65. The molecule has 40 heavy (non-hydrogen) atoms. The summed E-state index contributed by atoms with van der Waals surface area (Å²) in [5, 5.41) is 3.28. The summed E-state index contributed by atoms with van der Waals surface area (Å²) in [6.45, 7) is 0. The first kappa shape index (κ1) is 26.9. The maximum absolute atomic E-state index is 13.6. The Balaban J connectivity index is 1.53. The molecule has 0 spiro atoms. The number of hydrogen-bond acceptors (Lipinski definition) is 6. The molecule has 3 aromatic carbocycles. The van der Waals surface area contributed by atoms with Crippen LogP contribution < -0.4 is 25.4 Å². The van der Waals surface area contributed by atoms with E-state index in [9.17, 15) is 18.8 Å². The predicted octanol–water partition coefficient (Wildman–Crippen LogP) is 5.12. The fraction of sp³-hybridized carbons (Fsp3) is 0.172. The van der Waals surface area contributed by atoms with Crippen molar-refractivity contribution in [3.05, 3.63) is 83.3 Å². The monoisotopic (exact) mass is 562 g/mol. The number of primary amides is 1. The van der Waals surface area contributed by atoms with Gasteiger partial charge in [-0.3, -0.25) is 24.3 Å². The number of hydrogen-bond donors (Lipinski definition) is 2. The van der Waals surface area contributed by atoms with Gasteiger partial charge in [-0.05, 0) is 67.4 Å². The van der Waals surface area contributed by atoms with E-state index >= 15 is 0 Å². The van der Waals surface area contributed by atoms with Gasteiger partial charge >= 0.3 is 0 Å². The molecule has 0 atom stereocenters. The number of anilines is 2. The van der Waals surface area contributed by atoms with Crippen molar-refractivity contribution in [3.8, 4) is 17.2 Å². The molecule has 1 aromatic heterocycles. The number of halogens is 2. The number of pyridine rings is 1. The van der Waals surface area contributed by atoms with Gasteiger partial charge in [-0.25, -0.2) is 4.39 Å². The topological polar surface area (TPSA) is 124 Å². The van der Waals surface area contributed by atoms with Crippen molar-refractivity contribution in [2.45, 2.75) is 12.8 Å². The van der Waals surface area contributed by atoms with E-state index in [2.05, 4.69) is 10.3 Å². The quantitative estimate of drug-likeness (QED) is 0.287. The summed E-state index contributed by atoms with van der Waals surface area (Å²) in [7, 11) is 2.98. The van der Waals surface area contributed by atoms with Crippen molar-refractivity contribution in [3.63, 3.8) is 0 Å². The van der Waals surface area contributed by atoms with E-state index in [0.29, 0.717) is 52.2 Å². The van der Waals surface area contributed by atoms with Crippen LogP contribution in [0.5, 0.6) is 17.2 Å². The van der Waals surface area contributed by atoms with Gasteiger partial charge in [0.05, 0.1) is 28.9 Å². The number of amides is 3. The third-order valence-corrected chi connectivity index (χ3v) is 7.10. The van der Waals surface area contributed by atoms with Crippen molar-refractivity contribution in [2.75, 3.05) is 19.1 Å². The van der Waals surface area contributed by atoms with Crippen LogP contribution in [0.1, 0.15) is 23.2 Å². The molecule has 0 bridgehead atoms. The minimum atomic E-state index is -1.32. The highest BCUT2D eigenvalue weighted by atomic mass is 35.5. The maximum atomic E-state index is 13.6. The molecule has 0 radical (unpaired) electrons. The number of ether oxygens (including phenoxy) is 2. The van der Waals surface area contributed by atoms with Crippen LogP contribution in [0.25, 0.3) is 10.9 Å². The molecule has 9 nitrogen and oxygen atoms in total. The van der Waals surface area contributed by atoms with E-state index in [1.165, 1.54) is 49.4 Å². The molecular formula is C29H24ClFN4O5. The first-order chi connectivity index (χ1) is 19.2. The number of fused-ring (bicyclic) bond motifs is 1. The van der Waals surface area contributed by atoms with Crippen LogP contribution in [0.2, 0.25) is 5.02 Å². The minimum Gasteiger partial charge on any atom is -0.496 e. The Morgan fingerprint density at radius 1 is 1.00 bits per heavy atom. The molecule has 1 fully saturated rings. The lowest BCUT2D eigenvalue weighted by Crippen LogP contribution is -2.41. The van der Waals surface area contributed by atoms with Gasteiger partial charge < -0.3 is 20.5 Å². The van der Waals surface area contributed by atoms with Gasteiger partial charge in [0, 0.05) is 30.4 Å². The van der Waals surface area contributed by atoms with E-state index in [1.807, 2.05) is 0 Å². The molecular weight excluding hydrogens is 539 g/mol. The number of methoxy groups -OCH3 is 1. The second-order valence-electron chi connectivity index (χ2n) is 9.24. The van der Waals surface area contributed by atoms with Gasteiger partial charge in [0.1, 0.15) is 28.5 Å². The SMILES string of the molecule is CNC(=O)c1cc2c(Oc3ccc(N(C(=O)C4(C(N)=O)CC4)c4ccc(F)cc4)cc3Cl)ccnc2cc1OC. The first-order valence-corrected chi connectivity index (χ1v) is 12.6. The molecule has 4 aromatic rings. The molecule has 1 aliphatic rings. The highest BCUT2D eigenvalue weighted by Crippen LogP contribution is 2.49. The van der Waals surface area contributed by atoms with Crippen molar-refractivity contribution in [1.82, 2.24) is 10.3 Å². The van der Waals surface area contributed by atoms with Crippen LogP contribution in [0.15, 0.2) is 66.9 Å². The summed E-state index contributed by atoms with van der Waals surface area (Å²) in [5.74, 6) is -1.06. The number of carbonyl (C=O) groups excluding carboxylic acids is 3. The summed E-state index contributed by atoms with van der Waals surface area (Å²) >= 11 is 6.62. The lowest BCUT2D eigenvalue weighted by molar-refractivity contribution is -0.133. The smallest absolute Gasteiger partial charge is 0.254 e. The molecule has 0 unspecified atom stereocenters. The normalized spacial score (nSPS) is 13.4. The van der Waals surface area contributed by atoms with E-state index in [-0.39, 0.29) is 16.7 Å². The Bertz CT molecular complexity index is 1660. The molecule has 1 heterocycles. The highest BCUT2D eigenvalue weighted by Gasteiger charge is 2.57. The van der Waals surface area contributed by atoms with Crippen molar-refractivity contribution >= 4 is 51.6 Å². The van der Waals surface area contributed by atoms with Crippen molar-refractivity contribution in [2.24, 2.45) is 11.1 Å².